The Morgan fingerprint density at radius 1 is 0.773 bits per heavy atom. The molecule has 12 nitrogen and oxygen atoms in total. The standard InChI is InChI=1S/C32H44N4O8/c1-20(2)17-26(35-28(37)21(3)34-32(41)44-19-24-11-9-8-10-12-24)30(39)36(5)27(29(38)33-22(4)31(40)43-7)18-23-13-15-25(42-6)16-14-23/h8-16,20-22,26-27H,17-19H2,1-7H3,(H,33,38)(H,34,41)(H,35,37)/t21-,22+,26+,27+/m1/s1. The summed E-state index contributed by atoms with van der Waals surface area (Å²) in [5.41, 5.74) is 1.53. The number of hydrogen-bond donors (Lipinski definition) is 3. The molecule has 12 heteroatoms. The Balaban J connectivity index is 2.19. The van der Waals surface area contributed by atoms with Gasteiger partial charge in [-0.1, -0.05) is 56.3 Å². The van der Waals surface area contributed by atoms with Crippen molar-refractivity contribution >= 4 is 29.8 Å². The van der Waals surface area contributed by atoms with E-state index in [1.165, 1.54) is 32.9 Å². The molecule has 0 bridgehead atoms. The molecule has 240 valence electrons. The Hall–Kier alpha value is -4.61. The van der Waals surface area contributed by atoms with Crippen molar-refractivity contribution in [3.8, 4) is 5.75 Å². The summed E-state index contributed by atoms with van der Waals surface area (Å²) in [7, 11) is 4.23. The van der Waals surface area contributed by atoms with Gasteiger partial charge in [0, 0.05) is 13.5 Å². The molecule has 3 N–H and O–H groups in total. The molecule has 0 aliphatic heterocycles. The fourth-order valence-electron chi connectivity index (χ4n) is 4.33. The van der Waals surface area contributed by atoms with Crippen LogP contribution in [0.2, 0.25) is 0 Å². The van der Waals surface area contributed by atoms with Crippen molar-refractivity contribution < 1.29 is 38.2 Å². The van der Waals surface area contributed by atoms with E-state index in [9.17, 15) is 24.0 Å². The van der Waals surface area contributed by atoms with E-state index in [2.05, 4.69) is 16.0 Å². The minimum Gasteiger partial charge on any atom is -0.497 e. The molecule has 0 saturated carbocycles. The molecule has 44 heavy (non-hydrogen) atoms. The zero-order chi connectivity index (χ0) is 32.8. The second-order valence-electron chi connectivity index (χ2n) is 10.9. The van der Waals surface area contributed by atoms with Gasteiger partial charge >= 0.3 is 12.1 Å². The molecule has 0 spiro atoms. The van der Waals surface area contributed by atoms with Crippen LogP contribution in [0.15, 0.2) is 54.6 Å². The van der Waals surface area contributed by atoms with Crippen LogP contribution >= 0.6 is 0 Å². The minimum atomic E-state index is -1.03. The number of methoxy groups -OCH3 is 2. The van der Waals surface area contributed by atoms with Crippen molar-refractivity contribution in [3.63, 3.8) is 0 Å². The van der Waals surface area contributed by atoms with E-state index in [1.807, 2.05) is 32.0 Å². The first kappa shape index (κ1) is 35.6. The monoisotopic (exact) mass is 612 g/mol. The lowest BCUT2D eigenvalue weighted by molar-refractivity contribution is -0.146. The van der Waals surface area contributed by atoms with Gasteiger partial charge in [0.1, 0.15) is 36.5 Å². The molecule has 0 radical (unpaired) electrons. The van der Waals surface area contributed by atoms with Gasteiger partial charge in [0.05, 0.1) is 14.2 Å². The van der Waals surface area contributed by atoms with Crippen molar-refractivity contribution in [2.75, 3.05) is 21.3 Å². The van der Waals surface area contributed by atoms with Crippen LogP contribution in [-0.4, -0.2) is 80.1 Å². The van der Waals surface area contributed by atoms with Gasteiger partial charge in [-0.2, -0.15) is 0 Å². The number of nitrogens with one attached hydrogen (secondary N) is 3. The maximum atomic E-state index is 13.8. The molecule has 0 fully saturated rings. The van der Waals surface area contributed by atoms with Crippen LogP contribution in [0.1, 0.15) is 45.2 Å². The molecule has 2 aromatic rings. The zero-order valence-corrected chi connectivity index (χ0v) is 26.4. The van der Waals surface area contributed by atoms with Crippen LogP contribution < -0.4 is 20.7 Å². The largest absolute Gasteiger partial charge is 0.497 e. The fraction of sp³-hybridized carbons (Fsp3) is 0.469. The molecule has 4 atom stereocenters. The summed E-state index contributed by atoms with van der Waals surface area (Å²) in [6.45, 7) is 6.79. The molecule has 0 saturated heterocycles. The topological polar surface area (TPSA) is 152 Å². The third kappa shape index (κ3) is 11.2. The summed E-state index contributed by atoms with van der Waals surface area (Å²) in [6.07, 6.45) is -0.383. The molecule has 2 rings (SSSR count). The molecule has 0 heterocycles. The Morgan fingerprint density at radius 2 is 1.41 bits per heavy atom. The molecular weight excluding hydrogens is 568 g/mol. The highest BCUT2D eigenvalue weighted by Crippen LogP contribution is 2.17. The van der Waals surface area contributed by atoms with Crippen molar-refractivity contribution in [3.05, 3.63) is 65.7 Å². The lowest BCUT2D eigenvalue weighted by Crippen LogP contribution is -2.58. The molecule has 0 aliphatic rings. The fourth-order valence-corrected chi connectivity index (χ4v) is 4.33. The van der Waals surface area contributed by atoms with E-state index in [0.29, 0.717) is 5.75 Å². The van der Waals surface area contributed by atoms with Gasteiger partial charge in [-0.25, -0.2) is 9.59 Å². The van der Waals surface area contributed by atoms with Gasteiger partial charge in [-0.05, 0) is 49.4 Å². The van der Waals surface area contributed by atoms with E-state index in [1.54, 1.807) is 43.5 Å². The van der Waals surface area contributed by atoms with Crippen LogP contribution in [0, 0.1) is 5.92 Å². The highest BCUT2D eigenvalue weighted by atomic mass is 16.5. The lowest BCUT2D eigenvalue weighted by Gasteiger charge is -2.32. The summed E-state index contributed by atoms with van der Waals surface area (Å²) in [5, 5.41) is 7.82. The normalized spacial score (nSPS) is 13.5. The van der Waals surface area contributed by atoms with Gasteiger partial charge < -0.3 is 35.1 Å². The number of amides is 4. The Morgan fingerprint density at radius 3 is 1.98 bits per heavy atom. The van der Waals surface area contributed by atoms with E-state index in [4.69, 9.17) is 14.2 Å². The van der Waals surface area contributed by atoms with E-state index in [0.717, 1.165) is 11.1 Å². The first-order valence-corrected chi connectivity index (χ1v) is 14.4. The molecular formula is C32H44N4O8. The first-order chi connectivity index (χ1) is 20.9. The number of rotatable bonds is 15. The van der Waals surface area contributed by atoms with E-state index >= 15 is 0 Å². The van der Waals surface area contributed by atoms with Crippen LogP contribution in [0.4, 0.5) is 4.79 Å². The third-order valence-corrected chi connectivity index (χ3v) is 6.88. The van der Waals surface area contributed by atoms with Crippen molar-refractivity contribution in [2.45, 2.75) is 71.3 Å². The van der Waals surface area contributed by atoms with E-state index < -0.39 is 54.0 Å². The van der Waals surface area contributed by atoms with Gasteiger partial charge in [0.15, 0.2) is 0 Å². The molecule has 4 amide bonds. The number of nitrogens with zero attached hydrogens (tertiary/aromatic N) is 1. The van der Waals surface area contributed by atoms with Crippen LogP contribution in [0.5, 0.6) is 5.75 Å². The molecule has 0 aromatic heterocycles. The third-order valence-electron chi connectivity index (χ3n) is 6.88. The molecule has 0 aliphatic carbocycles. The van der Waals surface area contributed by atoms with Crippen LogP contribution in [0.3, 0.4) is 0 Å². The van der Waals surface area contributed by atoms with Crippen molar-refractivity contribution in [1.82, 2.24) is 20.9 Å². The summed E-state index contributed by atoms with van der Waals surface area (Å²) < 4.78 is 15.1. The number of carbonyl (C=O) groups is 5. The van der Waals surface area contributed by atoms with Gasteiger partial charge in [-0.15, -0.1) is 0 Å². The molecule has 0 unspecified atom stereocenters. The number of likely N-dealkylation sites (N-methyl/N-ethyl adjacent to an activating group) is 1. The second kappa shape index (κ2) is 17.5. The Bertz CT molecular complexity index is 1250. The average molecular weight is 613 g/mol. The van der Waals surface area contributed by atoms with Gasteiger partial charge in [0.25, 0.3) is 0 Å². The molecule has 2 aromatic carbocycles. The second-order valence-corrected chi connectivity index (χ2v) is 10.9. The summed E-state index contributed by atoms with van der Waals surface area (Å²) in [5.74, 6) is -1.67. The lowest BCUT2D eigenvalue weighted by atomic mass is 9.99. The van der Waals surface area contributed by atoms with Crippen LogP contribution in [-0.2, 0) is 41.7 Å². The quantitative estimate of drug-likeness (QED) is 0.260. The Kier molecular flexibility index (Phi) is 14.1. The van der Waals surface area contributed by atoms with Gasteiger partial charge in [-0.3, -0.25) is 14.4 Å². The summed E-state index contributed by atoms with van der Waals surface area (Å²) in [4.78, 5) is 65.9. The maximum Gasteiger partial charge on any atom is 0.408 e. The van der Waals surface area contributed by atoms with Crippen molar-refractivity contribution in [2.24, 2.45) is 5.92 Å². The number of esters is 1. The zero-order valence-electron chi connectivity index (χ0n) is 26.4. The highest BCUT2D eigenvalue weighted by Gasteiger charge is 2.34. The number of carbonyl (C=O) groups excluding carboxylic acids is 5. The average Bonchev–Trinajstić information content (AvgIpc) is 3.01. The number of ether oxygens (including phenoxy) is 3. The first-order valence-electron chi connectivity index (χ1n) is 14.4. The predicted molar refractivity (Wildman–Crippen MR) is 163 cm³/mol. The minimum absolute atomic E-state index is 0.00460. The number of alkyl carbamates (subject to hydrolysis) is 1. The van der Waals surface area contributed by atoms with E-state index in [-0.39, 0.29) is 25.4 Å². The Labute approximate surface area is 258 Å². The van der Waals surface area contributed by atoms with Crippen LogP contribution in [0.25, 0.3) is 0 Å². The van der Waals surface area contributed by atoms with Gasteiger partial charge in [0.2, 0.25) is 17.7 Å². The summed E-state index contributed by atoms with van der Waals surface area (Å²) >= 11 is 0. The SMILES string of the molecule is COC(=O)[C@H](C)NC(=O)[C@H](Cc1ccc(OC)cc1)N(C)C(=O)[C@H](CC(C)C)NC(=O)[C@@H](C)NC(=O)OCc1ccccc1. The predicted octanol–water partition coefficient (Wildman–Crippen LogP) is 2.59. The van der Waals surface area contributed by atoms with Crippen molar-refractivity contribution in [1.29, 1.82) is 0 Å². The number of hydrogen-bond acceptors (Lipinski definition) is 8. The summed E-state index contributed by atoms with van der Waals surface area (Å²) in [6, 6.07) is 12.1. The maximum absolute atomic E-state index is 13.8. The number of benzene rings is 2. The smallest absolute Gasteiger partial charge is 0.408 e. The highest BCUT2D eigenvalue weighted by molar-refractivity contribution is 5.94.